The van der Waals surface area contributed by atoms with Gasteiger partial charge in [-0.15, -0.1) is 10.2 Å². The van der Waals surface area contributed by atoms with Gasteiger partial charge in [0.2, 0.25) is 5.82 Å². The Labute approximate surface area is 169 Å². The van der Waals surface area contributed by atoms with E-state index < -0.39 is 34.7 Å². The first-order chi connectivity index (χ1) is 14.5. The zero-order valence-electron chi connectivity index (χ0n) is 15.7. The lowest BCUT2D eigenvalue weighted by atomic mass is 10.1. The van der Waals surface area contributed by atoms with E-state index >= 15 is 0 Å². The highest BCUT2D eigenvalue weighted by Gasteiger charge is 2.23. The minimum Gasteiger partial charge on any atom is -0.491 e. The van der Waals surface area contributed by atoms with Crippen LogP contribution in [0.2, 0.25) is 0 Å². The molecule has 2 aromatic heterocycles. The van der Waals surface area contributed by atoms with Crippen molar-refractivity contribution in [2.24, 2.45) is 0 Å². The molecule has 0 spiro atoms. The van der Waals surface area contributed by atoms with Crippen molar-refractivity contribution in [3.63, 3.8) is 0 Å². The Balaban J connectivity index is 1.50. The molecule has 3 aromatic rings. The molecule has 3 N–H and O–H groups in total. The van der Waals surface area contributed by atoms with Crippen LogP contribution in [0.3, 0.4) is 0 Å². The molecule has 0 aliphatic heterocycles. The fraction of sp³-hybridized carbons (Fsp3) is 0.158. The number of carbonyl (C=O) groups is 1. The molecular formula is C19H17F3N6O2. The predicted octanol–water partition coefficient (Wildman–Crippen LogP) is 2.88. The van der Waals surface area contributed by atoms with E-state index in [0.29, 0.717) is 17.7 Å². The van der Waals surface area contributed by atoms with Crippen LogP contribution in [0, 0.1) is 17.5 Å². The van der Waals surface area contributed by atoms with Crippen LogP contribution in [0.15, 0.2) is 42.7 Å². The lowest BCUT2D eigenvalue weighted by Gasteiger charge is -2.11. The number of amides is 1. The number of pyridine rings is 1. The molecule has 0 bridgehead atoms. The number of nitrogens with zero attached hydrogens (tertiary/aromatic N) is 3. The molecule has 11 heteroatoms. The summed E-state index contributed by atoms with van der Waals surface area (Å²) in [5, 5.41) is 16.3. The zero-order valence-corrected chi connectivity index (χ0v) is 15.7. The van der Waals surface area contributed by atoms with Gasteiger partial charge < -0.3 is 20.7 Å². The van der Waals surface area contributed by atoms with Crippen molar-refractivity contribution < 1.29 is 22.7 Å². The molecule has 0 radical (unpaired) electrons. The predicted molar refractivity (Wildman–Crippen MR) is 103 cm³/mol. The van der Waals surface area contributed by atoms with Gasteiger partial charge >= 0.3 is 0 Å². The fourth-order valence-electron chi connectivity index (χ4n) is 2.46. The van der Waals surface area contributed by atoms with Crippen LogP contribution >= 0.6 is 0 Å². The molecule has 0 unspecified atom stereocenters. The van der Waals surface area contributed by atoms with E-state index in [4.69, 9.17) is 0 Å². The molecule has 0 atom stereocenters. The summed E-state index contributed by atoms with van der Waals surface area (Å²) >= 11 is 0. The van der Waals surface area contributed by atoms with Crippen molar-refractivity contribution in [3.05, 3.63) is 65.7 Å². The third-order valence-corrected chi connectivity index (χ3v) is 3.88. The van der Waals surface area contributed by atoms with Gasteiger partial charge in [0.05, 0.1) is 24.6 Å². The Kier molecular flexibility index (Phi) is 6.63. The van der Waals surface area contributed by atoms with E-state index in [-0.39, 0.29) is 13.1 Å². The number of anilines is 3. The van der Waals surface area contributed by atoms with Crippen LogP contribution in [-0.4, -0.2) is 41.3 Å². The van der Waals surface area contributed by atoms with Gasteiger partial charge in [0, 0.05) is 19.3 Å². The summed E-state index contributed by atoms with van der Waals surface area (Å²) in [7, 11) is 0.977. The van der Waals surface area contributed by atoms with Crippen LogP contribution in [-0.2, 0) is 0 Å². The number of benzene rings is 1. The third kappa shape index (κ3) is 4.93. The van der Waals surface area contributed by atoms with Gasteiger partial charge in [-0.1, -0.05) is 0 Å². The van der Waals surface area contributed by atoms with Crippen molar-refractivity contribution in [1.82, 2.24) is 20.5 Å². The molecular weight excluding hydrogens is 401 g/mol. The first-order valence-corrected chi connectivity index (χ1v) is 8.74. The second kappa shape index (κ2) is 9.54. The van der Waals surface area contributed by atoms with Gasteiger partial charge in [0.15, 0.2) is 23.2 Å². The van der Waals surface area contributed by atoms with E-state index in [1.165, 1.54) is 0 Å². The summed E-state index contributed by atoms with van der Waals surface area (Å²) in [4.78, 5) is 16.0. The maximum absolute atomic E-state index is 14.1. The quantitative estimate of drug-likeness (QED) is 0.382. The highest BCUT2D eigenvalue weighted by molar-refractivity contribution is 5.95. The minimum atomic E-state index is -1.49. The van der Waals surface area contributed by atoms with Crippen LogP contribution in [0.4, 0.5) is 30.5 Å². The SMILES string of the molecule is COc1c(F)c(F)cc(C(=O)NCCNc2ccc(Nc3cccnc3)nn2)c1F. The molecule has 0 aliphatic carbocycles. The molecule has 0 saturated heterocycles. The number of rotatable bonds is 8. The Morgan fingerprint density at radius 2 is 1.83 bits per heavy atom. The first-order valence-electron chi connectivity index (χ1n) is 8.74. The smallest absolute Gasteiger partial charge is 0.254 e. The van der Waals surface area contributed by atoms with Crippen molar-refractivity contribution in [1.29, 1.82) is 0 Å². The summed E-state index contributed by atoms with van der Waals surface area (Å²) in [5.41, 5.74) is 0.104. The van der Waals surface area contributed by atoms with E-state index in [9.17, 15) is 18.0 Å². The number of halogens is 3. The number of hydrogen-bond donors (Lipinski definition) is 3. The number of nitrogens with one attached hydrogen (secondary N) is 3. The fourth-order valence-corrected chi connectivity index (χ4v) is 2.46. The maximum Gasteiger partial charge on any atom is 0.254 e. The van der Waals surface area contributed by atoms with Crippen LogP contribution in [0.25, 0.3) is 0 Å². The summed E-state index contributed by atoms with van der Waals surface area (Å²) in [6.07, 6.45) is 3.29. The van der Waals surface area contributed by atoms with Crippen LogP contribution in [0.5, 0.6) is 5.75 Å². The van der Waals surface area contributed by atoms with Crippen molar-refractivity contribution in [2.45, 2.75) is 0 Å². The Morgan fingerprint density at radius 3 is 2.50 bits per heavy atom. The summed E-state index contributed by atoms with van der Waals surface area (Å²) in [5.74, 6) is -5.04. The molecule has 3 rings (SSSR count). The Morgan fingerprint density at radius 1 is 1.07 bits per heavy atom. The van der Waals surface area contributed by atoms with Gasteiger partial charge in [-0.2, -0.15) is 4.39 Å². The Hall–Kier alpha value is -3.89. The molecule has 1 aromatic carbocycles. The molecule has 1 amide bonds. The second-order valence-corrected chi connectivity index (χ2v) is 5.92. The average molecular weight is 418 g/mol. The monoisotopic (exact) mass is 418 g/mol. The van der Waals surface area contributed by atoms with Gasteiger partial charge in [-0.05, 0) is 30.3 Å². The summed E-state index contributed by atoms with van der Waals surface area (Å²) in [6, 6.07) is 7.46. The summed E-state index contributed by atoms with van der Waals surface area (Å²) < 4.78 is 45.5. The van der Waals surface area contributed by atoms with Gasteiger partial charge in [0.25, 0.3) is 5.91 Å². The van der Waals surface area contributed by atoms with Crippen molar-refractivity contribution in [2.75, 3.05) is 30.8 Å². The molecule has 0 aliphatic rings. The Bertz CT molecular complexity index is 1020. The zero-order chi connectivity index (χ0) is 21.5. The lowest BCUT2D eigenvalue weighted by Crippen LogP contribution is -2.30. The van der Waals surface area contributed by atoms with Gasteiger partial charge in [0.1, 0.15) is 5.82 Å². The topological polar surface area (TPSA) is 101 Å². The van der Waals surface area contributed by atoms with Gasteiger partial charge in [-0.3, -0.25) is 9.78 Å². The summed E-state index contributed by atoms with van der Waals surface area (Å²) in [6.45, 7) is 0.301. The van der Waals surface area contributed by atoms with E-state index in [1.54, 1.807) is 30.6 Å². The lowest BCUT2D eigenvalue weighted by molar-refractivity contribution is 0.0949. The van der Waals surface area contributed by atoms with Crippen LogP contribution < -0.4 is 20.7 Å². The average Bonchev–Trinajstić information content (AvgIpc) is 2.76. The number of methoxy groups -OCH3 is 1. The second-order valence-electron chi connectivity index (χ2n) is 5.92. The molecule has 2 heterocycles. The maximum atomic E-state index is 14.1. The van der Waals surface area contributed by atoms with E-state index in [2.05, 4.69) is 35.9 Å². The largest absolute Gasteiger partial charge is 0.491 e. The number of carbonyl (C=O) groups excluding carboxylic acids is 1. The van der Waals surface area contributed by atoms with E-state index in [0.717, 1.165) is 12.8 Å². The standard InChI is InChI=1S/C19H17F3N6O2/c1-30-18-16(21)12(9-13(20)17(18)22)19(29)25-8-7-24-14-4-5-15(28-27-14)26-11-3-2-6-23-10-11/h2-6,9-10H,7-8H2,1H3,(H,24,27)(H,25,29)(H,26,28). The van der Waals surface area contributed by atoms with Crippen molar-refractivity contribution in [3.8, 4) is 5.75 Å². The van der Waals surface area contributed by atoms with E-state index in [1.807, 2.05) is 6.07 Å². The third-order valence-electron chi connectivity index (χ3n) is 3.88. The van der Waals surface area contributed by atoms with Crippen molar-refractivity contribution >= 4 is 23.2 Å². The van der Waals surface area contributed by atoms with Crippen LogP contribution in [0.1, 0.15) is 10.4 Å². The molecule has 30 heavy (non-hydrogen) atoms. The highest BCUT2D eigenvalue weighted by atomic mass is 19.2. The molecule has 0 fully saturated rings. The molecule has 156 valence electrons. The number of ether oxygens (including phenoxy) is 1. The number of aromatic nitrogens is 3. The first kappa shape index (κ1) is 20.8. The molecule has 8 nitrogen and oxygen atoms in total. The number of hydrogen-bond acceptors (Lipinski definition) is 7. The van der Waals surface area contributed by atoms with Gasteiger partial charge in [-0.25, -0.2) is 8.78 Å². The molecule has 0 saturated carbocycles. The normalized spacial score (nSPS) is 10.4. The minimum absolute atomic E-state index is 0.0664. The highest BCUT2D eigenvalue weighted by Crippen LogP contribution is 2.26.